The average molecular weight is 334 g/mol. The summed E-state index contributed by atoms with van der Waals surface area (Å²) in [4.78, 5) is 18.9. The van der Waals surface area contributed by atoms with Crippen molar-refractivity contribution in [2.24, 2.45) is 0 Å². The number of carbonyl (C=O) groups excluding carboxylic acids is 1. The second-order valence-corrected chi connectivity index (χ2v) is 6.73. The van der Waals surface area contributed by atoms with Gasteiger partial charge in [-0.05, 0) is 31.4 Å². The Labute approximate surface area is 140 Å². The lowest BCUT2D eigenvalue weighted by Gasteiger charge is -2.22. The predicted octanol–water partition coefficient (Wildman–Crippen LogP) is 3.54. The average Bonchev–Trinajstić information content (AvgIpc) is 3.22. The minimum Gasteiger partial charge on any atom is -0.494 e. The smallest absolute Gasteiger partial charge is 0.228 e. The lowest BCUT2D eigenvalue weighted by molar-refractivity contribution is -0.118. The van der Waals surface area contributed by atoms with Crippen molar-refractivity contribution in [2.45, 2.75) is 39.2 Å². The largest absolute Gasteiger partial charge is 0.494 e. The number of methoxy groups -OCH3 is 1. The highest BCUT2D eigenvalue weighted by atomic mass is 32.1. The van der Waals surface area contributed by atoms with Crippen LogP contribution in [0.1, 0.15) is 31.7 Å². The number of nitrogens with zero attached hydrogens (tertiary/aromatic N) is 2. The van der Waals surface area contributed by atoms with E-state index in [0.29, 0.717) is 13.0 Å². The topological polar surface area (TPSA) is 51.7 Å². The van der Waals surface area contributed by atoms with Gasteiger partial charge in [-0.2, -0.15) is 0 Å². The summed E-state index contributed by atoms with van der Waals surface area (Å²) < 4.78 is 12.2. The Morgan fingerprint density at radius 1 is 1.52 bits per heavy atom. The highest BCUT2D eigenvalue weighted by molar-refractivity contribution is 7.22. The monoisotopic (exact) mass is 334 g/mol. The Morgan fingerprint density at radius 3 is 3.00 bits per heavy atom. The van der Waals surface area contributed by atoms with Crippen LogP contribution in [0, 0.1) is 6.92 Å². The third-order valence-corrected chi connectivity index (χ3v) is 5.37. The normalized spacial score (nSPS) is 17.6. The summed E-state index contributed by atoms with van der Waals surface area (Å²) in [5.41, 5.74) is 1.97. The van der Waals surface area contributed by atoms with E-state index in [4.69, 9.17) is 14.5 Å². The molecular formula is C17H22N2O3S. The van der Waals surface area contributed by atoms with Gasteiger partial charge in [-0.1, -0.05) is 24.3 Å². The Kier molecular flexibility index (Phi) is 4.82. The van der Waals surface area contributed by atoms with E-state index in [1.54, 1.807) is 23.3 Å². The van der Waals surface area contributed by atoms with Gasteiger partial charge >= 0.3 is 0 Å². The van der Waals surface area contributed by atoms with Crippen molar-refractivity contribution < 1.29 is 14.3 Å². The molecule has 0 aliphatic carbocycles. The fraction of sp³-hybridized carbons (Fsp3) is 0.529. The first-order valence-corrected chi connectivity index (χ1v) is 8.81. The number of amides is 1. The van der Waals surface area contributed by atoms with E-state index in [0.717, 1.165) is 46.1 Å². The lowest BCUT2D eigenvalue weighted by Crippen LogP contribution is -2.37. The first-order valence-electron chi connectivity index (χ1n) is 8.00. The number of thiazole rings is 1. The maximum absolute atomic E-state index is 12.4. The second kappa shape index (κ2) is 6.84. The molecule has 6 heteroatoms. The summed E-state index contributed by atoms with van der Waals surface area (Å²) in [6.07, 6.45) is 2.63. The number of rotatable bonds is 5. The second-order valence-electron chi connectivity index (χ2n) is 5.75. The molecule has 3 rings (SSSR count). The Morgan fingerprint density at radius 2 is 2.35 bits per heavy atom. The summed E-state index contributed by atoms with van der Waals surface area (Å²) in [6, 6.07) is 3.95. The van der Waals surface area contributed by atoms with Gasteiger partial charge in [0.05, 0.1) is 24.5 Å². The number of carbonyl (C=O) groups is 1. The number of aromatic nitrogens is 1. The number of aryl methyl sites for hydroxylation is 1. The van der Waals surface area contributed by atoms with Crippen LogP contribution in [0.3, 0.4) is 0 Å². The minimum atomic E-state index is 0.0798. The van der Waals surface area contributed by atoms with Gasteiger partial charge in [0.15, 0.2) is 5.13 Å². The number of hydrogen-bond donors (Lipinski definition) is 0. The van der Waals surface area contributed by atoms with Gasteiger partial charge < -0.3 is 9.47 Å². The minimum absolute atomic E-state index is 0.0798. The van der Waals surface area contributed by atoms with Crippen molar-refractivity contribution in [2.75, 3.05) is 25.2 Å². The Hall–Kier alpha value is -1.66. The summed E-state index contributed by atoms with van der Waals surface area (Å²) in [5.74, 6) is 0.824. The zero-order chi connectivity index (χ0) is 16.4. The number of benzene rings is 1. The van der Waals surface area contributed by atoms with Crippen molar-refractivity contribution in [3.05, 3.63) is 17.7 Å². The van der Waals surface area contributed by atoms with Crippen LogP contribution in [0.15, 0.2) is 12.1 Å². The van der Waals surface area contributed by atoms with Gasteiger partial charge in [0.25, 0.3) is 0 Å². The summed E-state index contributed by atoms with van der Waals surface area (Å²) in [7, 11) is 1.64. The van der Waals surface area contributed by atoms with Gasteiger partial charge in [-0.3, -0.25) is 9.69 Å². The fourth-order valence-electron chi connectivity index (χ4n) is 2.85. The summed E-state index contributed by atoms with van der Waals surface area (Å²) >= 11 is 1.55. The van der Waals surface area contributed by atoms with E-state index in [9.17, 15) is 4.79 Å². The molecular weight excluding hydrogens is 312 g/mol. The van der Waals surface area contributed by atoms with Crippen LogP contribution in [0.2, 0.25) is 0 Å². The van der Waals surface area contributed by atoms with Gasteiger partial charge in [-0.25, -0.2) is 4.98 Å². The molecule has 2 aromatic rings. The maximum Gasteiger partial charge on any atom is 0.228 e. The molecule has 0 N–H and O–H groups in total. The van der Waals surface area contributed by atoms with Crippen molar-refractivity contribution in [1.29, 1.82) is 0 Å². The fourth-order valence-corrected chi connectivity index (χ4v) is 3.93. The van der Waals surface area contributed by atoms with Crippen LogP contribution in [0.25, 0.3) is 10.2 Å². The van der Waals surface area contributed by atoms with Gasteiger partial charge in [0.1, 0.15) is 11.3 Å². The van der Waals surface area contributed by atoms with Crippen LogP contribution in [0.5, 0.6) is 5.75 Å². The molecule has 5 nitrogen and oxygen atoms in total. The zero-order valence-corrected chi connectivity index (χ0v) is 14.6. The molecule has 1 aromatic heterocycles. The van der Waals surface area contributed by atoms with Gasteiger partial charge in [0.2, 0.25) is 5.91 Å². The van der Waals surface area contributed by atoms with Crippen LogP contribution in [-0.4, -0.2) is 37.3 Å². The maximum atomic E-state index is 12.4. The van der Waals surface area contributed by atoms with E-state index >= 15 is 0 Å². The quantitative estimate of drug-likeness (QED) is 0.839. The predicted molar refractivity (Wildman–Crippen MR) is 92.5 cm³/mol. The third-order valence-electron chi connectivity index (χ3n) is 4.16. The Balaban J connectivity index is 1.99. The first kappa shape index (κ1) is 16.2. The van der Waals surface area contributed by atoms with E-state index < -0.39 is 0 Å². The first-order chi connectivity index (χ1) is 11.1. The summed E-state index contributed by atoms with van der Waals surface area (Å²) in [5, 5.41) is 0.731. The van der Waals surface area contributed by atoms with Crippen LogP contribution >= 0.6 is 11.3 Å². The third kappa shape index (κ3) is 3.19. The summed E-state index contributed by atoms with van der Waals surface area (Å²) in [6.45, 7) is 5.29. The number of anilines is 1. The van der Waals surface area contributed by atoms with Crippen LogP contribution in [0.4, 0.5) is 5.13 Å². The van der Waals surface area contributed by atoms with Gasteiger partial charge in [0, 0.05) is 13.0 Å². The van der Waals surface area contributed by atoms with E-state index in [2.05, 4.69) is 6.92 Å². The highest BCUT2D eigenvalue weighted by Gasteiger charge is 2.26. The SMILES string of the molecule is CCC(=O)N(CC1CCCO1)c1nc2c(OC)ccc(C)c2s1. The molecule has 0 radical (unpaired) electrons. The lowest BCUT2D eigenvalue weighted by atomic mass is 10.2. The molecule has 0 bridgehead atoms. The molecule has 1 atom stereocenters. The molecule has 1 aliphatic rings. The van der Waals surface area contributed by atoms with Gasteiger partial charge in [-0.15, -0.1) is 0 Å². The molecule has 1 saturated heterocycles. The van der Waals surface area contributed by atoms with Crippen molar-refractivity contribution >= 4 is 32.6 Å². The Bertz CT molecular complexity index is 707. The molecule has 2 heterocycles. The van der Waals surface area contributed by atoms with E-state index in [1.807, 2.05) is 19.1 Å². The zero-order valence-electron chi connectivity index (χ0n) is 13.8. The number of hydrogen-bond acceptors (Lipinski definition) is 5. The molecule has 1 aliphatic heterocycles. The van der Waals surface area contributed by atoms with E-state index in [1.165, 1.54) is 0 Å². The molecule has 1 aromatic carbocycles. The molecule has 1 unspecified atom stereocenters. The highest BCUT2D eigenvalue weighted by Crippen LogP contribution is 2.37. The van der Waals surface area contributed by atoms with E-state index in [-0.39, 0.29) is 12.0 Å². The van der Waals surface area contributed by atoms with Crippen molar-refractivity contribution in [1.82, 2.24) is 4.98 Å². The molecule has 23 heavy (non-hydrogen) atoms. The molecule has 0 saturated carbocycles. The number of ether oxygens (including phenoxy) is 2. The molecule has 0 spiro atoms. The van der Waals surface area contributed by atoms with Crippen LogP contribution < -0.4 is 9.64 Å². The standard InChI is InChI=1S/C17H22N2O3S/c1-4-14(20)19(10-12-6-5-9-22-12)17-18-15-13(21-3)8-7-11(2)16(15)23-17/h7-8,12H,4-6,9-10H2,1-3H3. The molecule has 124 valence electrons. The van der Waals surface area contributed by atoms with Crippen molar-refractivity contribution in [3.8, 4) is 5.75 Å². The van der Waals surface area contributed by atoms with Crippen LogP contribution in [-0.2, 0) is 9.53 Å². The number of fused-ring (bicyclic) bond motifs is 1. The molecule has 1 amide bonds. The van der Waals surface area contributed by atoms with Crippen molar-refractivity contribution in [3.63, 3.8) is 0 Å². The molecule has 1 fully saturated rings.